The Morgan fingerprint density at radius 2 is 1.85 bits per heavy atom. The maximum absolute atomic E-state index is 12.1. The normalized spacial score (nSPS) is 54.6. The first-order valence-electron chi connectivity index (χ1n) is 11.1. The summed E-state index contributed by atoms with van der Waals surface area (Å²) in [5.41, 5.74) is 0.600. The van der Waals surface area contributed by atoms with E-state index in [1.807, 2.05) is 0 Å². The SMILES string of the molecule is C[C@]12CC[C@H](O)C[C@@H]1CC[C@@H]1[C@@H]2CC[C@@]2(C)[C@H](C3=CC(=O)OC3)CC[C@@]12O. The molecule has 4 fully saturated rings. The van der Waals surface area contributed by atoms with Gasteiger partial charge < -0.3 is 14.9 Å². The van der Waals surface area contributed by atoms with Crippen LogP contribution < -0.4 is 0 Å². The minimum atomic E-state index is -0.628. The fourth-order valence-electron chi connectivity index (χ4n) is 8.39. The number of hydrogen-bond acceptors (Lipinski definition) is 4. The molecule has 5 rings (SSSR count). The molecule has 0 amide bonds. The minimum Gasteiger partial charge on any atom is -0.458 e. The lowest BCUT2D eigenvalue weighted by Gasteiger charge is -2.63. The Morgan fingerprint density at radius 3 is 2.59 bits per heavy atom. The van der Waals surface area contributed by atoms with Gasteiger partial charge in [0.1, 0.15) is 6.61 Å². The van der Waals surface area contributed by atoms with Crippen LogP contribution in [0.1, 0.15) is 71.6 Å². The topological polar surface area (TPSA) is 66.8 Å². The van der Waals surface area contributed by atoms with E-state index in [-0.39, 0.29) is 28.8 Å². The number of aliphatic hydroxyl groups excluding tert-OH is 1. The third-order valence-corrected chi connectivity index (χ3v) is 9.96. The Hall–Kier alpha value is -0.870. The van der Waals surface area contributed by atoms with Crippen LogP contribution in [-0.4, -0.2) is 34.5 Å². The zero-order valence-corrected chi connectivity index (χ0v) is 16.7. The van der Waals surface area contributed by atoms with Crippen molar-refractivity contribution in [3.63, 3.8) is 0 Å². The lowest BCUT2D eigenvalue weighted by Crippen LogP contribution is -2.62. The quantitative estimate of drug-likeness (QED) is 0.688. The molecule has 0 bridgehead atoms. The lowest BCUT2D eigenvalue weighted by atomic mass is 9.43. The highest BCUT2D eigenvalue weighted by Crippen LogP contribution is 2.69. The monoisotopic (exact) mass is 374 g/mol. The first kappa shape index (κ1) is 18.2. The van der Waals surface area contributed by atoms with Gasteiger partial charge in [-0.1, -0.05) is 13.8 Å². The number of cyclic esters (lactones) is 1. The molecule has 0 radical (unpaired) electrons. The van der Waals surface area contributed by atoms with Crippen molar-refractivity contribution in [3.05, 3.63) is 11.6 Å². The van der Waals surface area contributed by atoms with Crippen LogP contribution in [0.3, 0.4) is 0 Å². The van der Waals surface area contributed by atoms with Crippen molar-refractivity contribution in [2.24, 2.45) is 34.5 Å². The first-order valence-corrected chi connectivity index (χ1v) is 11.1. The molecule has 4 saturated carbocycles. The number of hydrogen-bond donors (Lipinski definition) is 2. The zero-order valence-electron chi connectivity index (χ0n) is 16.7. The van der Waals surface area contributed by atoms with Gasteiger partial charge in [0.05, 0.1) is 11.7 Å². The average molecular weight is 375 g/mol. The number of ether oxygens (including phenoxy) is 1. The Kier molecular flexibility index (Phi) is 3.92. The third-order valence-electron chi connectivity index (χ3n) is 9.96. The Bertz CT molecular complexity index is 686. The summed E-state index contributed by atoms with van der Waals surface area (Å²) >= 11 is 0. The van der Waals surface area contributed by atoms with Gasteiger partial charge in [-0.05, 0) is 92.4 Å². The molecule has 4 nitrogen and oxygen atoms in total. The smallest absolute Gasteiger partial charge is 0.331 e. The number of aliphatic hydroxyl groups is 2. The molecule has 0 aromatic carbocycles. The molecule has 0 aromatic heterocycles. The maximum atomic E-state index is 12.1. The van der Waals surface area contributed by atoms with E-state index in [2.05, 4.69) is 13.8 Å². The molecule has 4 heteroatoms. The second-order valence-corrected chi connectivity index (χ2v) is 10.7. The number of carbonyl (C=O) groups excluding carboxylic acids is 1. The van der Waals surface area contributed by atoms with Gasteiger partial charge in [-0.15, -0.1) is 0 Å². The molecule has 1 heterocycles. The van der Waals surface area contributed by atoms with E-state index in [0.29, 0.717) is 24.4 Å². The second kappa shape index (κ2) is 5.82. The van der Waals surface area contributed by atoms with Crippen LogP contribution in [0, 0.1) is 34.5 Å². The fourth-order valence-corrected chi connectivity index (χ4v) is 8.39. The van der Waals surface area contributed by atoms with Crippen LogP contribution in [0.15, 0.2) is 11.6 Å². The highest BCUT2D eigenvalue weighted by atomic mass is 16.5. The van der Waals surface area contributed by atoms with Crippen LogP contribution in [0.25, 0.3) is 0 Å². The molecule has 4 aliphatic carbocycles. The first-order chi connectivity index (χ1) is 12.8. The molecule has 0 saturated heterocycles. The number of carbonyl (C=O) groups is 1. The summed E-state index contributed by atoms with van der Waals surface area (Å²) < 4.78 is 5.20. The summed E-state index contributed by atoms with van der Waals surface area (Å²) in [6, 6.07) is 0. The number of rotatable bonds is 1. The molecule has 5 aliphatic rings. The standard InChI is InChI=1S/C23H34O4/c1-21-8-5-16(24)12-15(21)3-4-19-18(21)6-9-22(2)17(7-10-23(19,22)26)14-11-20(25)27-13-14/h11,15-19,24,26H,3-10,12-13H2,1-2H3/t15-,16-,17-,18-,19+,21-,22-,23+/m0/s1. The van der Waals surface area contributed by atoms with Crippen molar-refractivity contribution in [2.45, 2.75) is 83.3 Å². The maximum Gasteiger partial charge on any atom is 0.331 e. The lowest BCUT2D eigenvalue weighted by molar-refractivity contribution is -0.208. The van der Waals surface area contributed by atoms with E-state index in [0.717, 1.165) is 56.9 Å². The summed E-state index contributed by atoms with van der Waals surface area (Å²) in [4.78, 5) is 11.6. The molecular weight excluding hydrogens is 340 g/mol. The van der Waals surface area contributed by atoms with Gasteiger partial charge in [0.2, 0.25) is 0 Å². The highest BCUT2D eigenvalue weighted by molar-refractivity contribution is 5.85. The molecule has 0 aromatic rings. The van der Waals surface area contributed by atoms with Crippen molar-refractivity contribution in [1.82, 2.24) is 0 Å². The zero-order chi connectivity index (χ0) is 19.0. The highest BCUT2D eigenvalue weighted by Gasteiger charge is 2.67. The predicted molar refractivity (Wildman–Crippen MR) is 102 cm³/mol. The minimum absolute atomic E-state index is 0.126. The number of esters is 1. The van der Waals surface area contributed by atoms with Gasteiger partial charge in [0.15, 0.2) is 0 Å². The van der Waals surface area contributed by atoms with Gasteiger partial charge in [-0.25, -0.2) is 4.79 Å². The molecule has 0 spiro atoms. The van der Waals surface area contributed by atoms with Gasteiger partial charge in [-0.3, -0.25) is 0 Å². The van der Waals surface area contributed by atoms with E-state index in [1.165, 1.54) is 6.42 Å². The summed E-state index contributed by atoms with van der Waals surface area (Å²) in [6.45, 7) is 5.15. The third kappa shape index (κ3) is 2.32. The van der Waals surface area contributed by atoms with Gasteiger partial charge in [-0.2, -0.15) is 0 Å². The van der Waals surface area contributed by atoms with Gasteiger partial charge in [0, 0.05) is 11.5 Å². The van der Waals surface area contributed by atoms with Crippen LogP contribution >= 0.6 is 0 Å². The average Bonchev–Trinajstić information content (AvgIpc) is 3.16. The van der Waals surface area contributed by atoms with Crippen LogP contribution in [-0.2, 0) is 9.53 Å². The van der Waals surface area contributed by atoms with E-state index in [9.17, 15) is 15.0 Å². The molecule has 1 aliphatic heterocycles. The molecule has 0 unspecified atom stereocenters. The summed E-state index contributed by atoms with van der Waals surface area (Å²) in [5.74, 6) is 1.59. The summed E-state index contributed by atoms with van der Waals surface area (Å²) in [6.07, 6.45) is 10.8. The Balaban J connectivity index is 1.47. The molecule has 2 N–H and O–H groups in total. The van der Waals surface area contributed by atoms with Gasteiger partial charge >= 0.3 is 5.97 Å². The van der Waals surface area contributed by atoms with Crippen LogP contribution in [0.4, 0.5) is 0 Å². The van der Waals surface area contributed by atoms with Crippen molar-refractivity contribution < 1.29 is 19.7 Å². The van der Waals surface area contributed by atoms with Crippen molar-refractivity contribution in [1.29, 1.82) is 0 Å². The summed E-state index contributed by atoms with van der Waals surface area (Å²) in [7, 11) is 0. The Labute approximate surface area is 162 Å². The second-order valence-electron chi connectivity index (χ2n) is 10.7. The molecule has 8 atom stereocenters. The largest absolute Gasteiger partial charge is 0.458 e. The molecule has 150 valence electrons. The van der Waals surface area contributed by atoms with Crippen molar-refractivity contribution in [2.75, 3.05) is 6.61 Å². The van der Waals surface area contributed by atoms with E-state index >= 15 is 0 Å². The molecular formula is C23H34O4. The fraction of sp³-hybridized carbons (Fsp3) is 0.870. The van der Waals surface area contributed by atoms with E-state index < -0.39 is 5.60 Å². The van der Waals surface area contributed by atoms with Crippen LogP contribution in [0.2, 0.25) is 0 Å². The molecule has 27 heavy (non-hydrogen) atoms. The van der Waals surface area contributed by atoms with Crippen molar-refractivity contribution in [3.8, 4) is 0 Å². The predicted octanol–water partition coefficient (Wildman–Crippen LogP) is 3.60. The van der Waals surface area contributed by atoms with E-state index in [4.69, 9.17) is 4.74 Å². The number of fused-ring (bicyclic) bond motifs is 5. The van der Waals surface area contributed by atoms with Crippen LogP contribution in [0.5, 0.6) is 0 Å². The Morgan fingerprint density at radius 1 is 1.04 bits per heavy atom. The summed E-state index contributed by atoms with van der Waals surface area (Å²) in [5, 5.41) is 22.3. The van der Waals surface area contributed by atoms with Crippen molar-refractivity contribution >= 4 is 5.97 Å². The van der Waals surface area contributed by atoms with E-state index in [1.54, 1.807) is 6.08 Å². The van der Waals surface area contributed by atoms with Gasteiger partial charge in [0.25, 0.3) is 0 Å².